The molecule has 0 saturated heterocycles. The van der Waals surface area contributed by atoms with E-state index in [0.717, 1.165) is 43.9 Å². The molecule has 1 N–H and O–H groups in total. The molecule has 0 saturated carbocycles. The monoisotopic (exact) mass is 532 g/mol. The van der Waals surface area contributed by atoms with E-state index >= 15 is 0 Å². The maximum atomic E-state index is 6.68. The molecule has 3 heterocycles. The lowest BCUT2D eigenvalue weighted by Crippen LogP contribution is -2.32. The zero-order chi connectivity index (χ0) is 23.2. The highest BCUT2D eigenvalue weighted by molar-refractivity contribution is 9.10. The van der Waals surface area contributed by atoms with Gasteiger partial charge in [-0.1, -0.05) is 64.1 Å². The van der Waals surface area contributed by atoms with Gasteiger partial charge in [0.2, 0.25) is 11.1 Å². The van der Waals surface area contributed by atoms with Gasteiger partial charge in [-0.2, -0.15) is 4.98 Å². The number of para-hydroxylation sites is 1. The average Bonchev–Trinajstić information content (AvgIpc) is 3.30. The van der Waals surface area contributed by atoms with E-state index in [-0.39, 0.29) is 12.1 Å². The molecule has 170 valence electrons. The molecule has 0 aliphatic carbocycles. The number of nitrogens with one attached hydrogen (secondary N) is 1. The van der Waals surface area contributed by atoms with Gasteiger partial charge in [0.15, 0.2) is 0 Å². The molecule has 6 nitrogen and oxygen atoms in total. The van der Waals surface area contributed by atoms with Crippen molar-refractivity contribution in [1.82, 2.24) is 14.8 Å². The van der Waals surface area contributed by atoms with E-state index < -0.39 is 0 Å². The number of nitrogens with zero attached hydrogens (tertiary/aromatic N) is 3. The van der Waals surface area contributed by atoms with E-state index in [0.29, 0.717) is 11.1 Å². The van der Waals surface area contributed by atoms with Crippen LogP contribution in [0.15, 0.2) is 88.0 Å². The zero-order valence-electron chi connectivity index (χ0n) is 18.5. The van der Waals surface area contributed by atoms with Gasteiger partial charge in [-0.05, 0) is 53.8 Å². The van der Waals surface area contributed by atoms with E-state index in [1.54, 1.807) is 7.11 Å². The molecule has 4 aromatic rings. The van der Waals surface area contributed by atoms with Crippen LogP contribution in [0.5, 0.6) is 11.5 Å². The number of hydrogen-bond donors (Lipinski definition) is 1. The summed E-state index contributed by atoms with van der Waals surface area (Å²) in [4.78, 5) is 4.75. The van der Waals surface area contributed by atoms with E-state index in [4.69, 9.17) is 19.6 Å². The summed E-state index contributed by atoms with van der Waals surface area (Å²) in [6, 6.07) is 24.3. The SMILES string of the molecule is COc1ccc([C@@H]2C3=C(Nc4nc(SC)nn42)c2ccccc2O[C@@H]3c2cccc(Br)c2)cc1. The molecule has 0 bridgehead atoms. The fourth-order valence-corrected chi connectivity index (χ4v) is 5.36. The number of rotatable bonds is 4. The van der Waals surface area contributed by atoms with Crippen LogP contribution in [0.1, 0.15) is 28.8 Å². The Kier molecular flexibility index (Phi) is 5.34. The molecule has 6 rings (SSSR count). The molecule has 0 radical (unpaired) electrons. The van der Waals surface area contributed by atoms with Crippen molar-refractivity contribution in [1.29, 1.82) is 0 Å². The molecule has 0 spiro atoms. The van der Waals surface area contributed by atoms with Crippen LogP contribution in [0, 0.1) is 0 Å². The number of thioether (sulfide) groups is 1. The lowest BCUT2D eigenvalue weighted by molar-refractivity contribution is 0.223. The van der Waals surface area contributed by atoms with Gasteiger partial charge in [-0.15, -0.1) is 5.10 Å². The summed E-state index contributed by atoms with van der Waals surface area (Å²) < 4.78 is 15.1. The molecular formula is C26H21BrN4O2S. The molecule has 2 atom stereocenters. The predicted octanol–water partition coefficient (Wildman–Crippen LogP) is 6.33. The minimum atomic E-state index is -0.308. The minimum Gasteiger partial charge on any atom is -0.497 e. The first-order valence-electron chi connectivity index (χ1n) is 10.8. The van der Waals surface area contributed by atoms with Gasteiger partial charge in [-0.3, -0.25) is 0 Å². The molecule has 0 amide bonds. The summed E-state index contributed by atoms with van der Waals surface area (Å²) in [5.41, 5.74) is 5.26. The molecule has 2 aliphatic rings. The van der Waals surface area contributed by atoms with Gasteiger partial charge in [0, 0.05) is 15.6 Å². The van der Waals surface area contributed by atoms with Crippen molar-refractivity contribution in [2.75, 3.05) is 18.7 Å². The second kappa shape index (κ2) is 8.52. The first-order chi connectivity index (χ1) is 16.7. The Morgan fingerprint density at radius 1 is 1.03 bits per heavy atom. The standard InChI is InChI=1S/C26H21BrN4O2S/c1-32-18-12-10-15(11-13-18)23-21-22(28-25-29-26(34-2)30-31(23)25)19-8-3-4-9-20(19)33-24(21)16-6-5-7-17(27)14-16/h3-14,23-24H,1-2H3,(H,28,29,30)/t23-,24-/m1/s1. The summed E-state index contributed by atoms with van der Waals surface area (Å²) in [6.45, 7) is 0. The van der Waals surface area contributed by atoms with Gasteiger partial charge < -0.3 is 14.8 Å². The van der Waals surface area contributed by atoms with Crippen molar-refractivity contribution < 1.29 is 9.47 Å². The third-order valence-corrected chi connectivity index (χ3v) is 7.16. The number of halogens is 1. The molecule has 1 aromatic heterocycles. The van der Waals surface area contributed by atoms with E-state index in [1.165, 1.54) is 11.8 Å². The molecule has 0 unspecified atom stereocenters. The van der Waals surface area contributed by atoms with Crippen LogP contribution in [0.2, 0.25) is 0 Å². The highest BCUT2D eigenvalue weighted by Crippen LogP contribution is 2.51. The zero-order valence-corrected chi connectivity index (χ0v) is 20.9. The van der Waals surface area contributed by atoms with Crippen molar-refractivity contribution >= 4 is 39.3 Å². The van der Waals surface area contributed by atoms with Crippen LogP contribution in [0.25, 0.3) is 5.70 Å². The van der Waals surface area contributed by atoms with Gasteiger partial charge in [0.1, 0.15) is 23.6 Å². The normalized spacial score (nSPS) is 18.3. The average molecular weight is 533 g/mol. The highest BCUT2D eigenvalue weighted by atomic mass is 79.9. The Labute approximate surface area is 210 Å². The molecule has 34 heavy (non-hydrogen) atoms. The number of benzene rings is 3. The van der Waals surface area contributed by atoms with Crippen molar-refractivity contribution in [3.8, 4) is 11.5 Å². The largest absolute Gasteiger partial charge is 0.497 e. The third-order valence-electron chi connectivity index (χ3n) is 6.13. The number of ether oxygens (including phenoxy) is 2. The van der Waals surface area contributed by atoms with Crippen molar-refractivity contribution in [2.45, 2.75) is 17.3 Å². The summed E-state index contributed by atoms with van der Waals surface area (Å²) in [6.07, 6.45) is 1.68. The maximum Gasteiger partial charge on any atom is 0.227 e. The number of anilines is 1. The van der Waals surface area contributed by atoms with Crippen LogP contribution in [-0.4, -0.2) is 28.1 Å². The topological polar surface area (TPSA) is 61.2 Å². The quantitative estimate of drug-likeness (QED) is 0.310. The first kappa shape index (κ1) is 21.3. The summed E-state index contributed by atoms with van der Waals surface area (Å²) in [7, 11) is 1.68. The first-order valence-corrected chi connectivity index (χ1v) is 12.8. The maximum absolute atomic E-state index is 6.68. The van der Waals surface area contributed by atoms with E-state index in [1.807, 2.05) is 53.4 Å². The number of methoxy groups -OCH3 is 1. The second-order valence-electron chi connectivity index (χ2n) is 8.05. The van der Waals surface area contributed by atoms with Crippen LogP contribution in [-0.2, 0) is 0 Å². The summed E-state index contributed by atoms with van der Waals surface area (Å²) in [5, 5.41) is 9.14. The van der Waals surface area contributed by atoms with Crippen LogP contribution in [0.4, 0.5) is 5.95 Å². The van der Waals surface area contributed by atoms with Crippen molar-refractivity contribution in [3.63, 3.8) is 0 Å². The molecule has 8 heteroatoms. The molecule has 0 fully saturated rings. The molecule has 2 aliphatic heterocycles. The lowest BCUT2D eigenvalue weighted by atomic mass is 9.84. The van der Waals surface area contributed by atoms with Crippen molar-refractivity contribution in [3.05, 3.63) is 99.5 Å². The van der Waals surface area contributed by atoms with E-state index in [9.17, 15) is 0 Å². The number of hydrogen-bond acceptors (Lipinski definition) is 6. The Morgan fingerprint density at radius 2 is 1.85 bits per heavy atom. The highest BCUT2D eigenvalue weighted by Gasteiger charge is 2.41. The summed E-state index contributed by atoms with van der Waals surface area (Å²) in [5.74, 6) is 2.36. The lowest BCUT2D eigenvalue weighted by Gasteiger charge is -2.39. The Balaban J connectivity index is 1.62. The molecular weight excluding hydrogens is 512 g/mol. The fourth-order valence-electron chi connectivity index (χ4n) is 4.60. The van der Waals surface area contributed by atoms with Gasteiger partial charge >= 0.3 is 0 Å². The van der Waals surface area contributed by atoms with Gasteiger partial charge in [0.25, 0.3) is 0 Å². The predicted molar refractivity (Wildman–Crippen MR) is 137 cm³/mol. The number of fused-ring (bicyclic) bond motifs is 3. The second-order valence-corrected chi connectivity index (χ2v) is 9.74. The Morgan fingerprint density at radius 3 is 2.62 bits per heavy atom. The van der Waals surface area contributed by atoms with Gasteiger partial charge in [-0.25, -0.2) is 4.68 Å². The van der Waals surface area contributed by atoms with Crippen LogP contribution < -0.4 is 14.8 Å². The van der Waals surface area contributed by atoms with Crippen LogP contribution in [0.3, 0.4) is 0 Å². The smallest absolute Gasteiger partial charge is 0.227 e. The van der Waals surface area contributed by atoms with Crippen LogP contribution >= 0.6 is 27.7 Å². The molecule has 3 aromatic carbocycles. The summed E-state index contributed by atoms with van der Waals surface area (Å²) >= 11 is 5.16. The third kappa shape index (κ3) is 3.49. The van der Waals surface area contributed by atoms with Gasteiger partial charge in [0.05, 0.1) is 12.8 Å². The Hall–Kier alpha value is -3.23. The minimum absolute atomic E-state index is 0.206. The Bertz CT molecular complexity index is 1420. The fraction of sp³-hybridized carbons (Fsp3) is 0.154. The number of aromatic nitrogens is 3. The van der Waals surface area contributed by atoms with Crippen molar-refractivity contribution in [2.24, 2.45) is 0 Å². The van der Waals surface area contributed by atoms with E-state index in [2.05, 4.69) is 51.6 Å².